The number of hydrogen-bond acceptors (Lipinski definition) is 5. The summed E-state index contributed by atoms with van der Waals surface area (Å²) in [5.41, 5.74) is 0.823. The van der Waals surface area contributed by atoms with E-state index in [-0.39, 0.29) is 22.9 Å². The van der Waals surface area contributed by atoms with Crippen LogP contribution < -0.4 is 5.32 Å². The SMILES string of the molecule is CN1C[C@@H](c2cccc([N+](=O)[O-])c2)[C@H](C(=O)c2ccc(F)cc2)[C@]12C(=O)Nc1ccccc12. The van der Waals surface area contributed by atoms with E-state index in [4.69, 9.17) is 0 Å². The van der Waals surface area contributed by atoms with E-state index >= 15 is 0 Å². The number of ketones is 1. The van der Waals surface area contributed by atoms with Crippen molar-refractivity contribution < 1.29 is 18.9 Å². The summed E-state index contributed by atoms with van der Waals surface area (Å²) in [5.74, 6) is -2.48. The van der Waals surface area contributed by atoms with Crippen LogP contribution in [0.5, 0.6) is 0 Å². The molecule has 3 atom stereocenters. The molecule has 0 bridgehead atoms. The molecule has 1 saturated heterocycles. The van der Waals surface area contributed by atoms with Gasteiger partial charge in [-0.2, -0.15) is 0 Å². The maximum Gasteiger partial charge on any atom is 0.269 e. The lowest BCUT2D eigenvalue weighted by Crippen LogP contribution is -2.51. The van der Waals surface area contributed by atoms with Crippen molar-refractivity contribution in [3.8, 4) is 0 Å². The van der Waals surface area contributed by atoms with Gasteiger partial charge in [0, 0.05) is 41.4 Å². The Morgan fingerprint density at radius 3 is 2.58 bits per heavy atom. The van der Waals surface area contributed by atoms with Gasteiger partial charge in [-0.15, -0.1) is 0 Å². The van der Waals surface area contributed by atoms with E-state index in [9.17, 15) is 24.1 Å². The monoisotopic (exact) mass is 445 g/mol. The number of hydrogen-bond donors (Lipinski definition) is 1. The van der Waals surface area contributed by atoms with Crippen LogP contribution in [-0.2, 0) is 10.3 Å². The fraction of sp³-hybridized carbons (Fsp3) is 0.200. The Kier molecular flexibility index (Phi) is 4.83. The molecule has 0 saturated carbocycles. The Morgan fingerprint density at radius 1 is 1.12 bits per heavy atom. The second-order valence-corrected chi connectivity index (χ2v) is 8.45. The molecule has 8 heteroatoms. The van der Waals surface area contributed by atoms with Gasteiger partial charge in [-0.3, -0.25) is 24.6 Å². The number of halogens is 1. The number of fused-ring (bicyclic) bond motifs is 2. The van der Waals surface area contributed by atoms with Gasteiger partial charge >= 0.3 is 0 Å². The predicted molar refractivity (Wildman–Crippen MR) is 119 cm³/mol. The van der Waals surface area contributed by atoms with E-state index in [2.05, 4.69) is 5.32 Å². The number of carbonyl (C=O) groups excluding carboxylic acids is 2. The zero-order valence-corrected chi connectivity index (χ0v) is 17.7. The molecule has 2 aliphatic rings. The number of likely N-dealkylation sites (N-methyl/N-ethyl adjacent to an activating group) is 1. The van der Waals surface area contributed by atoms with E-state index in [1.807, 2.05) is 23.1 Å². The summed E-state index contributed by atoms with van der Waals surface area (Å²) in [6.45, 7) is 0.334. The first-order chi connectivity index (χ1) is 15.8. The molecule has 1 fully saturated rings. The molecule has 3 aromatic rings. The maximum atomic E-state index is 14.0. The number of amides is 1. The van der Waals surface area contributed by atoms with Gasteiger partial charge in [0.1, 0.15) is 11.4 Å². The van der Waals surface area contributed by atoms with Crippen molar-refractivity contribution in [1.82, 2.24) is 4.90 Å². The standard InChI is InChI=1S/C25H20FN3O4/c1-28-14-19(16-5-4-6-18(13-16)29(32)33)22(23(30)15-9-11-17(26)12-10-15)25(28)20-7-2-3-8-21(20)27-24(25)31/h2-13,19,22H,14H2,1H3,(H,27,31)/t19-,22+,25+/m0/s1. The lowest BCUT2D eigenvalue weighted by atomic mass is 9.70. The van der Waals surface area contributed by atoms with Crippen molar-refractivity contribution >= 4 is 23.1 Å². The molecular weight excluding hydrogens is 425 g/mol. The number of Topliss-reactive ketones (excluding diaryl/α,β-unsaturated/α-hetero) is 1. The van der Waals surface area contributed by atoms with Crippen molar-refractivity contribution in [2.75, 3.05) is 18.9 Å². The first kappa shape index (κ1) is 21.0. The predicted octanol–water partition coefficient (Wildman–Crippen LogP) is 4.11. The molecule has 2 heterocycles. The summed E-state index contributed by atoms with van der Waals surface area (Å²) >= 11 is 0. The van der Waals surface area contributed by atoms with E-state index in [0.29, 0.717) is 23.4 Å². The molecule has 166 valence electrons. The van der Waals surface area contributed by atoms with Gasteiger partial charge in [0.05, 0.1) is 10.8 Å². The number of rotatable bonds is 4. The van der Waals surface area contributed by atoms with Crippen LogP contribution in [0, 0.1) is 21.8 Å². The molecular formula is C25H20FN3O4. The minimum atomic E-state index is -1.29. The van der Waals surface area contributed by atoms with Gasteiger partial charge in [0.2, 0.25) is 5.91 Å². The van der Waals surface area contributed by atoms with Gasteiger partial charge in [0.15, 0.2) is 5.78 Å². The third kappa shape index (κ3) is 3.06. The van der Waals surface area contributed by atoms with E-state index in [1.54, 1.807) is 25.2 Å². The smallest absolute Gasteiger partial charge is 0.269 e. The summed E-state index contributed by atoms with van der Waals surface area (Å²) in [6, 6.07) is 18.7. The topological polar surface area (TPSA) is 92.5 Å². The molecule has 33 heavy (non-hydrogen) atoms. The largest absolute Gasteiger partial charge is 0.324 e. The van der Waals surface area contributed by atoms with Crippen molar-refractivity contribution in [3.05, 3.63) is 105 Å². The van der Waals surface area contributed by atoms with Gasteiger partial charge in [0.25, 0.3) is 5.69 Å². The number of likely N-dealkylation sites (tertiary alicyclic amines) is 1. The highest BCUT2D eigenvalue weighted by Crippen LogP contribution is 2.55. The summed E-state index contributed by atoms with van der Waals surface area (Å²) in [5, 5.41) is 14.3. The number of anilines is 1. The van der Waals surface area contributed by atoms with E-state index in [0.717, 1.165) is 0 Å². The molecule has 7 nitrogen and oxygen atoms in total. The molecule has 0 unspecified atom stereocenters. The second kappa shape index (κ2) is 7.60. The van der Waals surface area contributed by atoms with E-state index in [1.165, 1.54) is 36.4 Å². The van der Waals surface area contributed by atoms with Gasteiger partial charge in [-0.1, -0.05) is 30.3 Å². The normalized spacial score (nSPS) is 24.0. The van der Waals surface area contributed by atoms with E-state index < -0.39 is 28.1 Å². The summed E-state index contributed by atoms with van der Waals surface area (Å²) < 4.78 is 13.6. The van der Waals surface area contributed by atoms with Crippen LogP contribution in [0.4, 0.5) is 15.8 Å². The fourth-order valence-electron chi connectivity index (χ4n) is 5.36. The maximum absolute atomic E-state index is 14.0. The van der Waals surface area contributed by atoms with Crippen molar-refractivity contribution in [2.24, 2.45) is 5.92 Å². The van der Waals surface area contributed by atoms with Crippen LogP contribution in [0.3, 0.4) is 0 Å². The fourth-order valence-corrected chi connectivity index (χ4v) is 5.36. The highest BCUT2D eigenvalue weighted by Gasteiger charge is 2.64. The van der Waals surface area contributed by atoms with Crippen LogP contribution in [0.1, 0.15) is 27.4 Å². The first-order valence-electron chi connectivity index (χ1n) is 10.5. The molecule has 0 aliphatic carbocycles. The van der Waals surface area contributed by atoms with Crippen LogP contribution in [0.25, 0.3) is 0 Å². The summed E-state index contributed by atoms with van der Waals surface area (Å²) in [4.78, 5) is 40.3. The minimum Gasteiger partial charge on any atom is -0.324 e. The lowest BCUT2D eigenvalue weighted by Gasteiger charge is -2.35. The molecule has 2 aliphatic heterocycles. The Labute approximate surface area is 189 Å². The molecule has 0 aromatic heterocycles. The Morgan fingerprint density at radius 2 is 1.85 bits per heavy atom. The molecule has 5 rings (SSSR count). The highest BCUT2D eigenvalue weighted by atomic mass is 19.1. The number of nitrogens with one attached hydrogen (secondary N) is 1. The Balaban J connectivity index is 1.72. The summed E-state index contributed by atoms with van der Waals surface area (Å²) in [6.07, 6.45) is 0. The van der Waals surface area contributed by atoms with Crippen molar-refractivity contribution in [3.63, 3.8) is 0 Å². The van der Waals surface area contributed by atoms with Gasteiger partial charge < -0.3 is 5.32 Å². The number of benzene rings is 3. The highest BCUT2D eigenvalue weighted by molar-refractivity contribution is 6.12. The number of para-hydroxylation sites is 1. The zero-order chi connectivity index (χ0) is 23.3. The number of nitro benzene ring substituents is 1. The average molecular weight is 445 g/mol. The molecule has 1 amide bonds. The molecule has 3 aromatic carbocycles. The third-order valence-electron chi connectivity index (χ3n) is 6.78. The molecule has 1 N–H and O–H groups in total. The molecule has 0 radical (unpaired) electrons. The number of nitro groups is 1. The first-order valence-corrected chi connectivity index (χ1v) is 10.5. The third-order valence-corrected chi connectivity index (χ3v) is 6.78. The zero-order valence-electron chi connectivity index (χ0n) is 17.7. The Hall–Kier alpha value is -3.91. The lowest BCUT2D eigenvalue weighted by molar-refractivity contribution is -0.384. The van der Waals surface area contributed by atoms with Gasteiger partial charge in [-0.05, 0) is 42.9 Å². The second-order valence-electron chi connectivity index (χ2n) is 8.45. The average Bonchev–Trinajstić information content (AvgIpc) is 3.29. The minimum absolute atomic E-state index is 0.0830. The quantitative estimate of drug-likeness (QED) is 0.371. The number of non-ortho nitro benzene ring substituents is 1. The van der Waals surface area contributed by atoms with Crippen LogP contribution in [0.15, 0.2) is 72.8 Å². The van der Waals surface area contributed by atoms with Gasteiger partial charge in [-0.25, -0.2) is 4.39 Å². The Bertz CT molecular complexity index is 1290. The number of carbonyl (C=O) groups is 2. The van der Waals surface area contributed by atoms with Crippen molar-refractivity contribution in [1.29, 1.82) is 0 Å². The number of nitrogens with zero attached hydrogens (tertiary/aromatic N) is 2. The van der Waals surface area contributed by atoms with Crippen LogP contribution in [0.2, 0.25) is 0 Å². The van der Waals surface area contributed by atoms with Crippen molar-refractivity contribution in [2.45, 2.75) is 11.5 Å². The van der Waals surface area contributed by atoms with Crippen LogP contribution in [-0.4, -0.2) is 35.1 Å². The van der Waals surface area contributed by atoms with Crippen LogP contribution >= 0.6 is 0 Å². The molecule has 1 spiro atoms. The summed E-state index contributed by atoms with van der Waals surface area (Å²) in [7, 11) is 1.78.